The van der Waals surface area contributed by atoms with Crippen molar-refractivity contribution in [1.29, 1.82) is 0 Å². The number of nitrogens with zero attached hydrogens (tertiary/aromatic N) is 4. The van der Waals surface area contributed by atoms with Crippen molar-refractivity contribution in [3.63, 3.8) is 0 Å². The minimum Gasteiger partial charge on any atom is -0.480 e. The van der Waals surface area contributed by atoms with Gasteiger partial charge in [-0.2, -0.15) is 4.98 Å². The van der Waals surface area contributed by atoms with Crippen LogP contribution in [0.25, 0.3) is 0 Å². The van der Waals surface area contributed by atoms with Crippen LogP contribution < -0.4 is 15.0 Å². The second kappa shape index (κ2) is 8.46. The van der Waals surface area contributed by atoms with Crippen LogP contribution in [-0.2, 0) is 4.79 Å². The third kappa shape index (κ3) is 4.31. The summed E-state index contributed by atoms with van der Waals surface area (Å²) < 4.78 is 6.01. The average Bonchev–Trinajstić information content (AvgIpc) is 2.69. The molecule has 3 rings (SSSR count). The fourth-order valence-corrected chi connectivity index (χ4v) is 3.28. The summed E-state index contributed by atoms with van der Waals surface area (Å²) in [6.45, 7) is 5.07. The number of para-hydroxylation sites is 1. The summed E-state index contributed by atoms with van der Waals surface area (Å²) in [7, 11) is 1.58. The number of aromatic nitrogens is 2. The van der Waals surface area contributed by atoms with E-state index in [4.69, 9.17) is 4.74 Å². The summed E-state index contributed by atoms with van der Waals surface area (Å²) in [5.41, 5.74) is 0.787. The Labute approximate surface area is 161 Å². The smallest absolute Gasteiger partial charge is 0.241 e. The lowest BCUT2D eigenvalue weighted by Gasteiger charge is -2.37. The molecule has 1 aliphatic rings. The molecule has 0 bridgehead atoms. The van der Waals surface area contributed by atoms with E-state index in [0.717, 1.165) is 42.2 Å². The van der Waals surface area contributed by atoms with Gasteiger partial charge >= 0.3 is 0 Å². The maximum atomic E-state index is 12.6. The van der Waals surface area contributed by atoms with Gasteiger partial charge in [-0.05, 0) is 35.0 Å². The number of hydrogen-bond acceptors (Lipinski definition) is 6. The van der Waals surface area contributed by atoms with Crippen molar-refractivity contribution < 1.29 is 9.53 Å². The lowest BCUT2D eigenvalue weighted by molar-refractivity contribution is -0.120. The van der Waals surface area contributed by atoms with Crippen LogP contribution in [0, 0.1) is 0 Å². The molecule has 1 N–H and O–H groups in total. The Morgan fingerprint density at radius 2 is 1.96 bits per heavy atom. The largest absolute Gasteiger partial charge is 0.480 e. The molecule has 7 nitrogen and oxygen atoms in total. The van der Waals surface area contributed by atoms with Gasteiger partial charge in [0.15, 0.2) is 5.82 Å². The second-order valence-electron chi connectivity index (χ2n) is 6.09. The summed E-state index contributed by atoms with van der Waals surface area (Å²) >= 11 is 3.46. The third-order valence-electron chi connectivity index (χ3n) is 4.51. The van der Waals surface area contributed by atoms with Gasteiger partial charge in [-0.15, -0.1) is 0 Å². The van der Waals surface area contributed by atoms with E-state index in [2.05, 4.69) is 41.0 Å². The molecule has 0 radical (unpaired) electrons. The molecule has 1 saturated heterocycles. The van der Waals surface area contributed by atoms with Crippen LogP contribution >= 0.6 is 15.9 Å². The summed E-state index contributed by atoms with van der Waals surface area (Å²) in [5.74, 6) is 1.30. The highest BCUT2D eigenvalue weighted by molar-refractivity contribution is 9.10. The molecular formula is C18H22BrN5O2. The van der Waals surface area contributed by atoms with E-state index in [1.807, 2.05) is 31.2 Å². The van der Waals surface area contributed by atoms with Crippen LogP contribution in [0.1, 0.15) is 6.92 Å². The van der Waals surface area contributed by atoms with Gasteiger partial charge in [0, 0.05) is 30.7 Å². The monoisotopic (exact) mass is 419 g/mol. The van der Waals surface area contributed by atoms with Gasteiger partial charge in [0.25, 0.3) is 0 Å². The number of hydrogen-bond donors (Lipinski definition) is 1. The maximum absolute atomic E-state index is 12.6. The van der Waals surface area contributed by atoms with E-state index in [-0.39, 0.29) is 11.9 Å². The quantitative estimate of drug-likeness (QED) is 0.801. The average molecular weight is 420 g/mol. The number of methoxy groups -OCH3 is 1. The molecule has 1 atom stereocenters. The molecule has 0 aliphatic carbocycles. The van der Waals surface area contributed by atoms with E-state index in [0.29, 0.717) is 5.88 Å². The normalized spacial score (nSPS) is 16.2. The second-order valence-corrected chi connectivity index (χ2v) is 6.94. The van der Waals surface area contributed by atoms with E-state index >= 15 is 0 Å². The summed E-state index contributed by atoms with van der Waals surface area (Å²) in [6.07, 6.45) is 3.33. The van der Waals surface area contributed by atoms with Crippen molar-refractivity contribution in [1.82, 2.24) is 14.9 Å². The highest BCUT2D eigenvalue weighted by atomic mass is 79.9. The summed E-state index contributed by atoms with van der Waals surface area (Å²) in [6, 6.07) is 7.41. The first-order valence-corrected chi connectivity index (χ1v) is 9.28. The molecule has 0 spiro atoms. The number of rotatable bonds is 5. The number of carbonyl (C=O) groups excluding carboxylic acids is 1. The molecule has 138 valence electrons. The van der Waals surface area contributed by atoms with Crippen LogP contribution in [0.15, 0.2) is 41.1 Å². The fraction of sp³-hybridized carbons (Fsp3) is 0.389. The van der Waals surface area contributed by atoms with Crippen LogP contribution in [0.3, 0.4) is 0 Å². The van der Waals surface area contributed by atoms with Gasteiger partial charge in [0.05, 0.1) is 31.2 Å². The predicted molar refractivity (Wildman–Crippen MR) is 105 cm³/mol. The summed E-state index contributed by atoms with van der Waals surface area (Å²) in [5, 5.41) is 2.99. The number of halogens is 1. The molecule has 0 saturated carbocycles. The van der Waals surface area contributed by atoms with Gasteiger partial charge in [0.2, 0.25) is 11.8 Å². The third-order valence-corrected chi connectivity index (χ3v) is 5.20. The van der Waals surface area contributed by atoms with Crippen LogP contribution in [0.4, 0.5) is 11.5 Å². The zero-order valence-corrected chi connectivity index (χ0v) is 16.4. The number of ether oxygens (including phenoxy) is 1. The maximum Gasteiger partial charge on any atom is 0.241 e. The highest BCUT2D eigenvalue weighted by Crippen LogP contribution is 2.22. The lowest BCUT2D eigenvalue weighted by Crippen LogP contribution is -2.53. The minimum absolute atomic E-state index is 0.00785. The molecule has 1 aromatic heterocycles. The Kier molecular flexibility index (Phi) is 6.05. The highest BCUT2D eigenvalue weighted by Gasteiger charge is 2.26. The molecule has 1 aromatic carbocycles. The first-order chi connectivity index (χ1) is 12.6. The first-order valence-electron chi connectivity index (χ1n) is 8.49. The van der Waals surface area contributed by atoms with Gasteiger partial charge in [-0.25, -0.2) is 0 Å². The molecule has 26 heavy (non-hydrogen) atoms. The zero-order valence-electron chi connectivity index (χ0n) is 14.9. The van der Waals surface area contributed by atoms with Crippen molar-refractivity contribution >= 4 is 33.3 Å². The van der Waals surface area contributed by atoms with E-state index in [1.165, 1.54) is 0 Å². The number of amides is 1. The van der Waals surface area contributed by atoms with E-state index in [1.54, 1.807) is 19.5 Å². The number of carbonyl (C=O) groups is 1. The molecule has 1 unspecified atom stereocenters. The Hall–Kier alpha value is -2.19. The van der Waals surface area contributed by atoms with Crippen molar-refractivity contribution in [2.75, 3.05) is 43.5 Å². The standard InChI is InChI=1S/C18H22BrN5O2/c1-13(18(25)21-15-6-4-3-5-14(15)19)23-7-9-24(10-8-23)16-11-20-12-17(22-16)26-2/h3-6,11-13H,7-10H2,1-2H3,(H,21,25). The molecule has 2 aromatic rings. The number of anilines is 2. The van der Waals surface area contributed by atoms with Gasteiger partial charge in [-0.1, -0.05) is 12.1 Å². The minimum atomic E-state index is -0.208. The first kappa shape index (κ1) is 18.6. The molecule has 1 fully saturated rings. The fourth-order valence-electron chi connectivity index (χ4n) is 2.89. The molecule has 8 heteroatoms. The van der Waals surface area contributed by atoms with Crippen LogP contribution in [-0.4, -0.2) is 60.1 Å². The van der Waals surface area contributed by atoms with Crippen LogP contribution in [0.5, 0.6) is 5.88 Å². The molecule has 1 amide bonds. The van der Waals surface area contributed by atoms with E-state index < -0.39 is 0 Å². The molecule has 1 aliphatic heterocycles. The molecule has 2 heterocycles. The number of nitrogens with one attached hydrogen (secondary N) is 1. The Morgan fingerprint density at radius 1 is 1.23 bits per heavy atom. The topological polar surface area (TPSA) is 70.6 Å². The zero-order chi connectivity index (χ0) is 18.5. The molecular weight excluding hydrogens is 398 g/mol. The summed E-state index contributed by atoms with van der Waals surface area (Å²) in [4.78, 5) is 25.5. The lowest BCUT2D eigenvalue weighted by atomic mass is 10.2. The Bertz CT molecular complexity index is 765. The van der Waals surface area contributed by atoms with Crippen molar-refractivity contribution in [2.45, 2.75) is 13.0 Å². The van der Waals surface area contributed by atoms with Gasteiger partial charge < -0.3 is 15.0 Å². The SMILES string of the molecule is COc1cncc(N2CCN(C(C)C(=O)Nc3ccccc3Br)CC2)n1. The number of piperazine rings is 1. The van der Waals surface area contributed by atoms with Gasteiger partial charge in [-0.3, -0.25) is 14.7 Å². The Balaban J connectivity index is 1.57. The van der Waals surface area contributed by atoms with Crippen molar-refractivity contribution in [3.05, 3.63) is 41.1 Å². The number of benzene rings is 1. The Morgan fingerprint density at radius 3 is 2.65 bits per heavy atom. The van der Waals surface area contributed by atoms with Crippen LogP contribution in [0.2, 0.25) is 0 Å². The van der Waals surface area contributed by atoms with Crippen molar-refractivity contribution in [2.24, 2.45) is 0 Å². The van der Waals surface area contributed by atoms with E-state index in [9.17, 15) is 4.79 Å². The van der Waals surface area contributed by atoms with Gasteiger partial charge in [0.1, 0.15) is 0 Å². The predicted octanol–water partition coefficient (Wildman–Crippen LogP) is 2.40. The van der Waals surface area contributed by atoms with Crippen molar-refractivity contribution in [3.8, 4) is 5.88 Å².